The molecule has 0 aromatic heterocycles. The molecule has 0 saturated heterocycles. The second-order valence-electron chi connectivity index (χ2n) is 10.4. The van der Waals surface area contributed by atoms with Gasteiger partial charge in [-0.3, -0.25) is 14.5 Å². The number of anilines is 2. The van der Waals surface area contributed by atoms with Crippen LogP contribution in [0.2, 0.25) is 5.02 Å². The Balaban J connectivity index is 1.73. The van der Waals surface area contributed by atoms with E-state index >= 15 is 0 Å². The fourth-order valence-corrected chi connectivity index (χ4v) is 5.70. The van der Waals surface area contributed by atoms with Gasteiger partial charge in [-0.15, -0.1) is 0 Å². The molecule has 0 fully saturated rings. The molecular weight excluding hydrogens is 476 g/mol. The highest BCUT2D eigenvalue weighted by molar-refractivity contribution is 6.32. The van der Waals surface area contributed by atoms with Gasteiger partial charge in [0, 0.05) is 23.3 Å². The maximum atomic E-state index is 14.0. The van der Waals surface area contributed by atoms with Crippen molar-refractivity contribution in [3.8, 4) is 5.75 Å². The number of carbonyl (C=O) groups is 2. The lowest BCUT2D eigenvalue weighted by Crippen LogP contribution is -2.45. The predicted molar refractivity (Wildman–Crippen MR) is 142 cm³/mol. The number of carboxylic acids is 1. The number of rotatable bonds is 3. The zero-order chi connectivity index (χ0) is 25.8. The monoisotopic (exact) mass is 504 g/mol. The van der Waals surface area contributed by atoms with E-state index in [4.69, 9.17) is 16.3 Å². The van der Waals surface area contributed by atoms with Crippen LogP contribution in [0.4, 0.5) is 11.4 Å². The molecule has 186 valence electrons. The standard InChI is InChI=1S/C29H29ClN2O4/c1-29(2,3)21-11-10-18(16-22(21)30)32-26(17-9-12-24-23(15-17)31(4)13-14-36-24)25(28(34)35)19-7-5-6-8-20(19)27(32)33/h5-12,15-16,25-26H,13-14H2,1-4H3,(H,34,35)/t25-,26+/m1/s1. The van der Waals surface area contributed by atoms with Crippen LogP contribution < -0.4 is 14.5 Å². The number of fused-ring (bicyclic) bond motifs is 2. The Hall–Kier alpha value is -3.51. The summed E-state index contributed by atoms with van der Waals surface area (Å²) in [5.74, 6) is -1.47. The Labute approximate surface area is 216 Å². The summed E-state index contributed by atoms with van der Waals surface area (Å²) in [7, 11) is 1.98. The van der Waals surface area contributed by atoms with Gasteiger partial charge in [-0.2, -0.15) is 0 Å². The lowest BCUT2D eigenvalue weighted by molar-refractivity contribution is -0.139. The number of hydrogen-bond acceptors (Lipinski definition) is 4. The molecular formula is C29H29ClN2O4. The lowest BCUT2D eigenvalue weighted by atomic mass is 9.79. The van der Waals surface area contributed by atoms with Crippen LogP contribution >= 0.6 is 11.6 Å². The van der Waals surface area contributed by atoms with Crippen molar-refractivity contribution < 1.29 is 19.4 Å². The van der Waals surface area contributed by atoms with Crippen LogP contribution in [0, 0.1) is 0 Å². The molecule has 6 nitrogen and oxygen atoms in total. The number of likely N-dealkylation sites (N-methyl/N-ethyl adjacent to an activating group) is 1. The van der Waals surface area contributed by atoms with Gasteiger partial charge in [0.1, 0.15) is 18.3 Å². The van der Waals surface area contributed by atoms with Crippen LogP contribution in [0.1, 0.15) is 59.8 Å². The summed E-state index contributed by atoms with van der Waals surface area (Å²) >= 11 is 6.71. The van der Waals surface area contributed by atoms with Crippen LogP contribution in [0.5, 0.6) is 5.75 Å². The number of amides is 1. The number of carboxylic acid groups (broad SMARTS) is 1. The summed E-state index contributed by atoms with van der Waals surface area (Å²) in [5.41, 5.74) is 3.82. The van der Waals surface area contributed by atoms with Gasteiger partial charge in [0.2, 0.25) is 0 Å². The van der Waals surface area contributed by atoms with E-state index < -0.39 is 17.9 Å². The van der Waals surface area contributed by atoms with Gasteiger partial charge >= 0.3 is 5.97 Å². The molecule has 0 bridgehead atoms. The highest BCUT2D eigenvalue weighted by Gasteiger charge is 2.45. The zero-order valence-electron chi connectivity index (χ0n) is 20.8. The van der Waals surface area contributed by atoms with Gasteiger partial charge < -0.3 is 14.7 Å². The SMILES string of the molecule is CN1CCOc2ccc([C@H]3[C@H](C(=O)O)c4ccccc4C(=O)N3c3ccc(C(C)(C)C)c(Cl)c3)cc21. The zero-order valence-corrected chi connectivity index (χ0v) is 21.5. The van der Waals surface area contributed by atoms with Gasteiger partial charge in [-0.25, -0.2) is 0 Å². The van der Waals surface area contributed by atoms with E-state index in [-0.39, 0.29) is 11.3 Å². The van der Waals surface area contributed by atoms with Gasteiger partial charge in [-0.05, 0) is 52.4 Å². The molecule has 1 amide bonds. The highest BCUT2D eigenvalue weighted by atomic mass is 35.5. The maximum Gasteiger partial charge on any atom is 0.313 e. The molecule has 2 aliphatic rings. The van der Waals surface area contributed by atoms with E-state index in [0.717, 1.165) is 29.1 Å². The molecule has 36 heavy (non-hydrogen) atoms. The summed E-state index contributed by atoms with van der Waals surface area (Å²) in [4.78, 5) is 30.4. The third-order valence-electron chi connectivity index (χ3n) is 7.06. The Bertz CT molecular complexity index is 1360. The molecule has 0 radical (unpaired) electrons. The minimum Gasteiger partial charge on any atom is -0.490 e. The topological polar surface area (TPSA) is 70.1 Å². The summed E-state index contributed by atoms with van der Waals surface area (Å²) in [6.07, 6.45) is 0. The first-order valence-electron chi connectivity index (χ1n) is 12.0. The fraction of sp³-hybridized carbons (Fsp3) is 0.310. The Kier molecular flexibility index (Phi) is 5.95. The van der Waals surface area contributed by atoms with Crippen molar-refractivity contribution in [1.29, 1.82) is 0 Å². The average Bonchev–Trinajstić information content (AvgIpc) is 2.83. The molecule has 5 rings (SSSR count). The number of hydrogen-bond donors (Lipinski definition) is 1. The Morgan fingerprint density at radius 2 is 1.83 bits per heavy atom. The summed E-state index contributed by atoms with van der Waals surface area (Å²) in [6, 6.07) is 17.4. The largest absolute Gasteiger partial charge is 0.490 e. The number of benzene rings is 3. The van der Waals surface area contributed by atoms with Crippen molar-refractivity contribution in [3.05, 3.63) is 87.9 Å². The summed E-state index contributed by atoms with van der Waals surface area (Å²) in [6.45, 7) is 7.53. The number of halogens is 1. The first-order chi connectivity index (χ1) is 17.1. The molecule has 2 atom stereocenters. The van der Waals surface area contributed by atoms with Gasteiger partial charge in [0.05, 0.1) is 18.3 Å². The summed E-state index contributed by atoms with van der Waals surface area (Å²) in [5, 5.41) is 11.0. The molecule has 0 unspecified atom stereocenters. The molecule has 3 aromatic rings. The first kappa shape index (κ1) is 24.2. The van der Waals surface area contributed by atoms with Crippen LogP contribution in [-0.4, -0.2) is 37.2 Å². The summed E-state index contributed by atoms with van der Waals surface area (Å²) < 4.78 is 5.80. The molecule has 0 spiro atoms. The van der Waals surface area contributed by atoms with E-state index in [1.165, 1.54) is 0 Å². The van der Waals surface area contributed by atoms with Crippen LogP contribution in [0.15, 0.2) is 60.7 Å². The van der Waals surface area contributed by atoms with Crippen LogP contribution in [0.25, 0.3) is 0 Å². The normalized spacial score (nSPS) is 19.4. The minimum atomic E-state index is -0.996. The van der Waals surface area contributed by atoms with Crippen molar-refractivity contribution >= 4 is 34.9 Å². The predicted octanol–water partition coefficient (Wildman–Crippen LogP) is 6.04. The van der Waals surface area contributed by atoms with Gasteiger partial charge in [0.25, 0.3) is 5.91 Å². The van der Waals surface area contributed by atoms with Crippen molar-refractivity contribution in [1.82, 2.24) is 0 Å². The van der Waals surface area contributed by atoms with E-state index in [9.17, 15) is 14.7 Å². The molecule has 0 saturated carbocycles. The van der Waals surface area contributed by atoms with Crippen molar-refractivity contribution in [2.75, 3.05) is 30.0 Å². The number of nitrogens with zero attached hydrogens (tertiary/aromatic N) is 2. The third kappa shape index (κ3) is 3.99. The molecule has 0 aliphatic carbocycles. The number of carbonyl (C=O) groups excluding carboxylic acids is 1. The average molecular weight is 505 g/mol. The van der Waals surface area contributed by atoms with Crippen molar-refractivity contribution in [2.45, 2.75) is 38.1 Å². The Morgan fingerprint density at radius 1 is 1.08 bits per heavy atom. The van der Waals surface area contributed by atoms with Gasteiger partial charge in [-0.1, -0.05) is 62.7 Å². The molecule has 3 aromatic carbocycles. The molecule has 2 heterocycles. The molecule has 2 aliphatic heterocycles. The highest BCUT2D eigenvalue weighted by Crippen LogP contribution is 2.47. The molecule has 1 N–H and O–H groups in total. The van der Waals surface area contributed by atoms with Gasteiger partial charge in [0.15, 0.2) is 0 Å². The van der Waals surface area contributed by atoms with E-state index in [1.54, 1.807) is 35.2 Å². The van der Waals surface area contributed by atoms with Crippen LogP contribution in [0.3, 0.4) is 0 Å². The molecule has 7 heteroatoms. The van der Waals surface area contributed by atoms with Crippen molar-refractivity contribution in [3.63, 3.8) is 0 Å². The third-order valence-corrected chi connectivity index (χ3v) is 7.38. The Morgan fingerprint density at radius 3 is 2.53 bits per heavy atom. The second-order valence-corrected chi connectivity index (χ2v) is 10.8. The first-order valence-corrected chi connectivity index (χ1v) is 12.4. The lowest BCUT2D eigenvalue weighted by Gasteiger charge is -2.41. The van der Waals surface area contributed by atoms with E-state index in [0.29, 0.717) is 28.4 Å². The number of ether oxygens (including phenoxy) is 1. The van der Waals surface area contributed by atoms with Crippen molar-refractivity contribution in [2.24, 2.45) is 0 Å². The fourth-order valence-electron chi connectivity index (χ4n) is 5.24. The number of aliphatic carboxylic acids is 1. The maximum absolute atomic E-state index is 14.0. The smallest absolute Gasteiger partial charge is 0.313 e. The quantitative estimate of drug-likeness (QED) is 0.471. The van der Waals surface area contributed by atoms with E-state index in [2.05, 4.69) is 25.7 Å². The van der Waals surface area contributed by atoms with Crippen LogP contribution in [-0.2, 0) is 10.2 Å². The minimum absolute atomic E-state index is 0.180. The second kappa shape index (κ2) is 8.86. The van der Waals surface area contributed by atoms with E-state index in [1.807, 2.05) is 37.4 Å².